The first-order chi connectivity index (χ1) is 18.2. The normalized spacial score (nSPS) is 14.2. The van der Waals surface area contributed by atoms with Gasteiger partial charge < -0.3 is 27.2 Å². The highest BCUT2D eigenvalue weighted by Crippen LogP contribution is 2.32. The van der Waals surface area contributed by atoms with E-state index in [9.17, 15) is 9.59 Å². The largest absolute Gasteiger partial charge is 0.480 e. The van der Waals surface area contributed by atoms with Crippen LogP contribution < -0.4 is 22.1 Å². The van der Waals surface area contributed by atoms with Crippen molar-refractivity contribution >= 4 is 82.4 Å². The van der Waals surface area contributed by atoms with E-state index in [0.29, 0.717) is 11.4 Å². The van der Waals surface area contributed by atoms with Crippen molar-refractivity contribution in [3.05, 3.63) is 117 Å². The Morgan fingerprint density at radius 3 is 1.89 bits per heavy atom. The summed E-state index contributed by atoms with van der Waals surface area (Å²) in [5, 5.41) is 14.8. The summed E-state index contributed by atoms with van der Waals surface area (Å²) in [4.78, 5) is 22.0. The Balaban J connectivity index is 0.000000173. The van der Waals surface area contributed by atoms with Gasteiger partial charge in [0.05, 0.1) is 22.7 Å². The summed E-state index contributed by atoms with van der Waals surface area (Å²) in [7, 11) is 0. The Labute approximate surface area is 246 Å². The number of carbonyl (C=O) groups is 2. The minimum atomic E-state index is -0.881. The van der Waals surface area contributed by atoms with Crippen molar-refractivity contribution in [1.29, 1.82) is 0 Å². The maximum atomic E-state index is 12.1. The monoisotopic (exact) mass is 702 g/mol. The Hall–Kier alpha value is -3.34. The number of carboxylic acids is 1. The highest BCUT2D eigenvalue weighted by atomic mass is 79.9. The molecule has 0 aromatic heterocycles. The minimum absolute atomic E-state index is 0.0354. The molecular formula is C28H25Br3N4O3. The number of alkyl halides is 1. The number of carbonyl (C=O) groups excluding carboxylic acids is 1. The van der Waals surface area contributed by atoms with E-state index in [0.717, 1.165) is 31.4 Å². The average molecular weight is 705 g/mol. The topological polar surface area (TPSA) is 130 Å². The van der Waals surface area contributed by atoms with E-state index in [4.69, 9.17) is 16.6 Å². The molecule has 10 heteroatoms. The molecule has 1 aliphatic rings. The van der Waals surface area contributed by atoms with Gasteiger partial charge in [-0.3, -0.25) is 9.59 Å². The predicted molar refractivity (Wildman–Crippen MR) is 164 cm³/mol. The number of rotatable bonds is 3. The van der Waals surface area contributed by atoms with Crippen molar-refractivity contribution in [2.24, 2.45) is 0 Å². The van der Waals surface area contributed by atoms with Crippen molar-refractivity contribution in [2.45, 2.75) is 10.9 Å². The number of halogens is 3. The van der Waals surface area contributed by atoms with E-state index in [1.165, 1.54) is 0 Å². The number of hydrogen-bond donors (Lipinski definition) is 5. The number of carboxylic acid groups (broad SMARTS) is 1. The second-order valence-corrected chi connectivity index (χ2v) is 10.8. The molecule has 0 saturated heterocycles. The van der Waals surface area contributed by atoms with E-state index >= 15 is 0 Å². The third kappa shape index (κ3) is 8.34. The number of hydrogen-bond acceptors (Lipinski definition) is 5. The standard InChI is InChI=1S/C14H11BrN2O.C8H6Br2O2.C6H8N2/c15-10-5-3-4-9(8-10)13-14(18)17-12-7-2-1-6-11(12)16-13;9-6-3-1-2-5(4-6)7(10)8(11)12;7-5-3-1-2-4-6(5)8/h1-8,13,16H,(H,17,18);1-4,7H,(H,11,12);1-4H,7-8H2. The van der Waals surface area contributed by atoms with Crippen LogP contribution >= 0.6 is 47.8 Å². The quantitative estimate of drug-likeness (QED) is 0.112. The van der Waals surface area contributed by atoms with Gasteiger partial charge in [0.2, 0.25) is 0 Å². The van der Waals surface area contributed by atoms with Crippen LogP contribution in [0.3, 0.4) is 0 Å². The van der Waals surface area contributed by atoms with Gasteiger partial charge in [-0.05, 0) is 59.7 Å². The molecule has 7 N–H and O–H groups in total. The molecule has 0 fully saturated rings. The number of amides is 1. The summed E-state index contributed by atoms with van der Waals surface area (Å²) < 4.78 is 1.85. The number of benzene rings is 4. The first-order valence-electron chi connectivity index (χ1n) is 11.3. The summed E-state index contributed by atoms with van der Waals surface area (Å²) in [6.45, 7) is 0. The molecule has 0 bridgehead atoms. The molecule has 5 rings (SSSR count). The first-order valence-corrected chi connectivity index (χ1v) is 13.8. The second-order valence-electron chi connectivity index (χ2n) is 8.05. The summed E-state index contributed by atoms with van der Waals surface area (Å²) in [6.07, 6.45) is 0. The van der Waals surface area contributed by atoms with Crippen LogP contribution in [0.5, 0.6) is 0 Å². The Morgan fingerprint density at radius 2 is 1.34 bits per heavy atom. The van der Waals surface area contributed by atoms with Gasteiger partial charge in [-0.1, -0.05) is 96.3 Å². The molecule has 0 radical (unpaired) electrons. The van der Waals surface area contributed by atoms with Crippen molar-refractivity contribution in [1.82, 2.24) is 0 Å². The number of aliphatic carboxylic acids is 1. The number of fused-ring (bicyclic) bond motifs is 1. The maximum absolute atomic E-state index is 12.1. The van der Waals surface area contributed by atoms with Crippen LogP contribution in [0, 0.1) is 0 Å². The lowest BCUT2D eigenvalue weighted by molar-refractivity contribution is -0.136. The zero-order valence-corrected chi connectivity index (χ0v) is 24.7. The molecule has 1 aliphatic heterocycles. The fourth-order valence-electron chi connectivity index (χ4n) is 3.38. The lowest BCUT2D eigenvalue weighted by atomic mass is 10.0. The van der Waals surface area contributed by atoms with Crippen LogP contribution in [0.15, 0.2) is 106 Å². The van der Waals surface area contributed by atoms with Crippen molar-refractivity contribution in [3.63, 3.8) is 0 Å². The molecular weight excluding hydrogens is 680 g/mol. The van der Waals surface area contributed by atoms with Crippen LogP contribution in [-0.4, -0.2) is 17.0 Å². The van der Waals surface area contributed by atoms with Crippen LogP contribution in [0.2, 0.25) is 0 Å². The summed E-state index contributed by atoms with van der Waals surface area (Å²) >= 11 is 9.75. The molecule has 38 heavy (non-hydrogen) atoms. The molecule has 2 unspecified atom stereocenters. The summed E-state index contributed by atoms with van der Waals surface area (Å²) in [5.74, 6) is -0.917. The number of nitrogens with two attached hydrogens (primary N) is 2. The van der Waals surface area contributed by atoms with Gasteiger partial charge in [-0.2, -0.15) is 0 Å². The van der Waals surface area contributed by atoms with Crippen LogP contribution in [0.1, 0.15) is 22.0 Å². The molecule has 2 atom stereocenters. The average Bonchev–Trinajstić information content (AvgIpc) is 2.90. The minimum Gasteiger partial charge on any atom is -0.480 e. The number of nitrogens with one attached hydrogen (secondary N) is 2. The van der Waals surface area contributed by atoms with Gasteiger partial charge >= 0.3 is 5.97 Å². The smallest absolute Gasteiger partial charge is 0.321 e. The number of nitrogen functional groups attached to an aromatic ring is 2. The van der Waals surface area contributed by atoms with Gasteiger partial charge in [0.25, 0.3) is 5.91 Å². The summed E-state index contributed by atoms with van der Waals surface area (Å²) in [6, 6.07) is 29.5. The Kier molecular flexibility index (Phi) is 10.8. The maximum Gasteiger partial charge on any atom is 0.321 e. The number of anilines is 4. The summed E-state index contributed by atoms with van der Waals surface area (Å²) in [5.41, 5.74) is 15.5. The SMILES string of the molecule is Nc1ccccc1N.O=C(O)C(Br)c1cccc(Br)c1.O=C1Nc2ccccc2NC1c1cccc(Br)c1. The molecule has 4 aromatic rings. The van der Waals surface area contributed by atoms with Gasteiger partial charge in [0.1, 0.15) is 10.9 Å². The van der Waals surface area contributed by atoms with Gasteiger partial charge in [0.15, 0.2) is 0 Å². The molecule has 4 aromatic carbocycles. The first kappa shape index (κ1) is 29.2. The molecule has 0 saturated carbocycles. The van der Waals surface area contributed by atoms with Crippen LogP contribution in [0.4, 0.5) is 22.7 Å². The molecule has 0 spiro atoms. The number of para-hydroxylation sites is 4. The third-order valence-electron chi connectivity index (χ3n) is 5.28. The molecule has 1 heterocycles. The fraction of sp³-hybridized carbons (Fsp3) is 0.0714. The van der Waals surface area contributed by atoms with E-state index in [-0.39, 0.29) is 11.9 Å². The van der Waals surface area contributed by atoms with Crippen molar-refractivity contribution in [3.8, 4) is 0 Å². The third-order valence-corrected chi connectivity index (χ3v) is 7.19. The Bertz CT molecular complexity index is 1400. The van der Waals surface area contributed by atoms with E-state index < -0.39 is 10.8 Å². The zero-order valence-electron chi connectivity index (χ0n) is 19.9. The highest BCUT2D eigenvalue weighted by molar-refractivity contribution is 9.11. The van der Waals surface area contributed by atoms with E-state index in [2.05, 4.69) is 58.4 Å². The molecule has 0 aliphatic carbocycles. The molecule has 196 valence electrons. The predicted octanol–water partition coefficient (Wildman–Crippen LogP) is 7.38. The second kappa shape index (κ2) is 14.0. The lowest BCUT2D eigenvalue weighted by Crippen LogP contribution is -2.31. The van der Waals surface area contributed by atoms with Gasteiger partial charge in [-0.25, -0.2) is 0 Å². The van der Waals surface area contributed by atoms with Gasteiger partial charge in [-0.15, -0.1) is 0 Å². The molecule has 7 nitrogen and oxygen atoms in total. The highest BCUT2D eigenvalue weighted by Gasteiger charge is 2.26. The van der Waals surface area contributed by atoms with Gasteiger partial charge in [0, 0.05) is 8.95 Å². The van der Waals surface area contributed by atoms with E-state index in [1.54, 1.807) is 30.3 Å². The molecule has 1 amide bonds. The van der Waals surface area contributed by atoms with Crippen LogP contribution in [0.25, 0.3) is 0 Å². The van der Waals surface area contributed by atoms with Crippen LogP contribution in [-0.2, 0) is 9.59 Å². The van der Waals surface area contributed by atoms with E-state index in [1.807, 2.05) is 66.7 Å². The zero-order chi connectivity index (χ0) is 27.7. The van der Waals surface area contributed by atoms with Crippen molar-refractivity contribution < 1.29 is 14.7 Å². The van der Waals surface area contributed by atoms with Crippen molar-refractivity contribution in [2.75, 3.05) is 22.1 Å². The Morgan fingerprint density at radius 1 is 0.789 bits per heavy atom. The fourth-order valence-corrected chi connectivity index (χ4v) is 4.50. The lowest BCUT2D eigenvalue weighted by Gasteiger charge is -2.27.